The number of rotatable bonds is 9. The summed E-state index contributed by atoms with van der Waals surface area (Å²) in [6.07, 6.45) is 0.484. The number of benzene rings is 2. The molecule has 1 aromatic heterocycles. The first-order valence-corrected chi connectivity index (χ1v) is 17.2. The Bertz CT molecular complexity index is 1780. The van der Waals surface area contributed by atoms with Crippen molar-refractivity contribution >= 4 is 33.3 Å². The molecule has 0 aliphatic carbocycles. The fourth-order valence-electron chi connectivity index (χ4n) is 4.46. The number of amides is 1. The van der Waals surface area contributed by atoms with Crippen molar-refractivity contribution in [3.63, 3.8) is 0 Å². The van der Waals surface area contributed by atoms with E-state index in [2.05, 4.69) is 4.72 Å². The molecule has 1 amide bonds. The van der Waals surface area contributed by atoms with Gasteiger partial charge in [-0.15, -0.1) is 4.72 Å². The van der Waals surface area contributed by atoms with E-state index in [1.807, 2.05) is 0 Å². The lowest BCUT2D eigenvalue weighted by Gasteiger charge is -2.28. The van der Waals surface area contributed by atoms with Gasteiger partial charge in [-0.05, 0) is 102 Å². The molecule has 3 aromatic rings. The summed E-state index contributed by atoms with van der Waals surface area (Å²) >= 11 is -1.52. The van der Waals surface area contributed by atoms with E-state index >= 15 is 0 Å². The van der Waals surface area contributed by atoms with Gasteiger partial charge in [0.1, 0.15) is 21.4 Å². The maximum absolute atomic E-state index is 13.9. The van der Waals surface area contributed by atoms with Gasteiger partial charge in [0.25, 0.3) is 5.56 Å². The van der Waals surface area contributed by atoms with Crippen LogP contribution in [0.5, 0.6) is 0 Å². The molecule has 250 valence electrons. The Balaban J connectivity index is 2.27. The number of carbonyl (C=O) groups excluding carboxylic acids is 2. The van der Waals surface area contributed by atoms with E-state index in [1.54, 1.807) is 48.5 Å². The number of hydrogen-bond acceptors (Lipinski definition) is 8. The Morgan fingerprint density at radius 1 is 1.00 bits per heavy atom. The Morgan fingerprint density at radius 2 is 1.59 bits per heavy atom. The van der Waals surface area contributed by atoms with E-state index in [1.165, 1.54) is 61.1 Å². The predicted molar refractivity (Wildman–Crippen MR) is 178 cm³/mol. The van der Waals surface area contributed by atoms with Gasteiger partial charge < -0.3 is 13.9 Å². The van der Waals surface area contributed by atoms with Crippen molar-refractivity contribution in [3.8, 4) is 11.1 Å². The second-order valence-corrected chi connectivity index (χ2v) is 17.4. The highest BCUT2D eigenvalue weighted by Gasteiger charge is 2.35. The molecule has 2 aromatic carbocycles. The van der Waals surface area contributed by atoms with Crippen LogP contribution in [0.2, 0.25) is 0 Å². The predicted octanol–water partition coefficient (Wildman–Crippen LogP) is 5.79. The second kappa shape index (κ2) is 13.7. The maximum atomic E-state index is 13.9. The average Bonchev–Trinajstić information content (AvgIpc) is 2.95. The number of aryl methyl sites for hydroxylation is 1. The lowest BCUT2D eigenvalue weighted by atomic mass is 9.89. The highest BCUT2D eigenvalue weighted by atomic mass is 32.2. The van der Waals surface area contributed by atoms with Crippen molar-refractivity contribution in [1.82, 2.24) is 13.6 Å². The minimum atomic E-state index is -4.30. The van der Waals surface area contributed by atoms with E-state index in [-0.39, 0.29) is 27.8 Å². The molecule has 0 saturated carbocycles. The van der Waals surface area contributed by atoms with Crippen LogP contribution in [0, 0.1) is 5.82 Å². The Kier molecular flexibility index (Phi) is 11.0. The molecule has 0 fully saturated rings. The molecule has 1 unspecified atom stereocenters. The van der Waals surface area contributed by atoms with Crippen LogP contribution in [0.25, 0.3) is 11.1 Å². The Labute approximate surface area is 273 Å². The molecule has 0 spiro atoms. The zero-order valence-electron chi connectivity index (χ0n) is 27.8. The van der Waals surface area contributed by atoms with Crippen molar-refractivity contribution in [2.24, 2.45) is 7.05 Å². The van der Waals surface area contributed by atoms with E-state index in [0.717, 1.165) is 19.2 Å². The summed E-state index contributed by atoms with van der Waals surface area (Å²) in [6, 6.07) is 10.2. The van der Waals surface area contributed by atoms with Gasteiger partial charge in [0.05, 0.1) is 6.04 Å². The first kappa shape index (κ1) is 36.9. The van der Waals surface area contributed by atoms with Gasteiger partial charge in [0.15, 0.2) is 5.78 Å². The summed E-state index contributed by atoms with van der Waals surface area (Å²) in [6.45, 7) is 13.4. The third-order valence-electron chi connectivity index (χ3n) is 7.20. The zero-order chi connectivity index (χ0) is 34.9. The largest absolute Gasteiger partial charge is 0.598 e. The summed E-state index contributed by atoms with van der Waals surface area (Å²) in [4.78, 5) is 39.4. The number of hydrogen-bond donors (Lipinski definition) is 1. The number of halogens is 1. The van der Waals surface area contributed by atoms with Gasteiger partial charge in [-0.2, -0.15) is 0 Å². The van der Waals surface area contributed by atoms with Crippen LogP contribution in [0.4, 0.5) is 9.18 Å². The molecule has 1 N–H and O–H groups in total. The van der Waals surface area contributed by atoms with Crippen molar-refractivity contribution in [1.29, 1.82) is 0 Å². The fraction of sp³-hybridized carbons (Fsp3) is 0.424. The van der Waals surface area contributed by atoms with Gasteiger partial charge in [-0.1, -0.05) is 12.1 Å². The van der Waals surface area contributed by atoms with E-state index < -0.39 is 60.7 Å². The van der Waals surface area contributed by atoms with Crippen LogP contribution < -0.4 is 10.3 Å². The van der Waals surface area contributed by atoms with E-state index in [0.29, 0.717) is 15.4 Å². The lowest BCUT2D eigenvalue weighted by molar-refractivity contribution is 0.0419. The van der Waals surface area contributed by atoms with Gasteiger partial charge in [-0.3, -0.25) is 9.59 Å². The molecule has 1 heterocycles. The fourth-order valence-corrected chi connectivity index (χ4v) is 6.47. The quantitative estimate of drug-likeness (QED) is 0.222. The number of nitrogens with zero attached hydrogens (tertiary/aromatic N) is 2. The van der Waals surface area contributed by atoms with Crippen LogP contribution in [-0.2, 0) is 33.2 Å². The highest BCUT2D eigenvalue weighted by molar-refractivity contribution is 7.90. The maximum Gasteiger partial charge on any atom is 0.423 e. The Morgan fingerprint density at radius 3 is 2.13 bits per heavy atom. The van der Waals surface area contributed by atoms with Crippen LogP contribution in [0.3, 0.4) is 0 Å². The van der Waals surface area contributed by atoms with Crippen molar-refractivity contribution in [3.05, 3.63) is 93.2 Å². The summed E-state index contributed by atoms with van der Waals surface area (Å²) in [7, 11) is -1.65. The molecule has 0 saturated heterocycles. The molecular weight excluding hydrogens is 634 g/mol. The molecule has 0 aliphatic heterocycles. The summed E-state index contributed by atoms with van der Waals surface area (Å²) in [5.74, 6) is -0.992. The molecule has 3 atom stereocenters. The standard InChI is InChI=1S/C33H42FN3O7S2/c1-20(35-45(41)33(6,7)8)26-18-29(38)36(9)19-28(26)27-17-23(13-16-25(27)30(39)22-11-14-24(34)15-12-22)21(2)46(42,43)37(10)31(40)44-32(3,4)5/h11-21,35H,1-10H3/t20-,21?,45-/m0/s1. The molecule has 3 rings (SSSR count). The molecular formula is C33H42FN3O7S2. The average molecular weight is 676 g/mol. The van der Waals surface area contributed by atoms with E-state index in [9.17, 15) is 31.7 Å². The number of nitrogens with one attached hydrogen (secondary N) is 1. The number of ketones is 1. The van der Waals surface area contributed by atoms with Crippen LogP contribution in [0.15, 0.2) is 59.5 Å². The summed E-state index contributed by atoms with van der Waals surface area (Å²) in [5.41, 5.74) is 0.427. The van der Waals surface area contributed by atoms with Gasteiger partial charge in [0, 0.05) is 54.4 Å². The monoisotopic (exact) mass is 675 g/mol. The molecule has 0 aliphatic rings. The number of ether oxygens (including phenoxy) is 1. The Hall–Kier alpha value is -3.52. The summed E-state index contributed by atoms with van der Waals surface area (Å²) < 4.78 is 63.5. The SMILES string of the molecule is CC(c1ccc(C(=O)c2ccc(F)cc2)c(-c2cn(C)c(=O)cc2[C@H](C)N[S@@+]([O-])C(C)(C)C)c1)S(=O)(=O)N(C)C(=O)OC(C)(C)C. The first-order chi connectivity index (χ1) is 21.0. The lowest BCUT2D eigenvalue weighted by Crippen LogP contribution is -2.41. The first-order valence-electron chi connectivity index (χ1n) is 14.6. The van der Waals surface area contributed by atoms with Crippen LogP contribution >= 0.6 is 0 Å². The molecule has 0 bridgehead atoms. The minimum absolute atomic E-state index is 0.157. The number of sulfonamides is 1. The van der Waals surface area contributed by atoms with Crippen molar-refractivity contribution < 1.29 is 31.7 Å². The van der Waals surface area contributed by atoms with Crippen molar-refractivity contribution in [2.45, 2.75) is 77.0 Å². The second-order valence-electron chi connectivity index (χ2n) is 13.1. The molecule has 46 heavy (non-hydrogen) atoms. The number of pyridine rings is 1. The number of aromatic nitrogens is 1. The summed E-state index contributed by atoms with van der Waals surface area (Å²) in [5, 5.41) is -1.27. The highest BCUT2D eigenvalue weighted by Crippen LogP contribution is 2.36. The van der Waals surface area contributed by atoms with Gasteiger partial charge >= 0.3 is 6.09 Å². The van der Waals surface area contributed by atoms with Crippen molar-refractivity contribution in [2.75, 3.05) is 7.05 Å². The van der Waals surface area contributed by atoms with E-state index in [4.69, 9.17) is 4.74 Å². The topological polar surface area (TPSA) is 138 Å². The number of carbonyl (C=O) groups is 2. The normalized spacial score (nSPS) is 14.3. The third-order valence-corrected chi connectivity index (χ3v) is 11.0. The third kappa shape index (κ3) is 8.44. The smallest absolute Gasteiger partial charge is 0.423 e. The van der Waals surface area contributed by atoms with Crippen LogP contribution in [0.1, 0.15) is 93.7 Å². The molecule has 13 heteroatoms. The van der Waals surface area contributed by atoms with Gasteiger partial charge in [-0.25, -0.2) is 21.9 Å². The van der Waals surface area contributed by atoms with Gasteiger partial charge in [0.2, 0.25) is 10.0 Å². The minimum Gasteiger partial charge on any atom is -0.598 e. The van der Waals surface area contributed by atoms with Crippen LogP contribution in [-0.4, -0.2) is 51.1 Å². The molecule has 0 radical (unpaired) electrons. The zero-order valence-corrected chi connectivity index (χ0v) is 29.4. The molecule has 10 nitrogen and oxygen atoms in total.